The first-order valence-corrected chi connectivity index (χ1v) is 12.8. The fourth-order valence-corrected chi connectivity index (χ4v) is 5.32. The summed E-state index contributed by atoms with van der Waals surface area (Å²) >= 11 is 0. The first-order valence-electron chi connectivity index (χ1n) is 12.8. The lowest BCUT2D eigenvalue weighted by Gasteiger charge is -2.22. The van der Waals surface area contributed by atoms with Crippen LogP contribution in [0.1, 0.15) is 43.0 Å². The Labute approximate surface area is 217 Å². The summed E-state index contributed by atoms with van der Waals surface area (Å²) in [5, 5.41) is 12.6. The van der Waals surface area contributed by atoms with Crippen LogP contribution in [-0.4, -0.2) is 48.0 Å². The first kappa shape index (κ1) is 23.2. The lowest BCUT2D eigenvalue weighted by molar-refractivity contribution is 0.464. The predicted molar refractivity (Wildman–Crippen MR) is 147 cm³/mol. The highest BCUT2D eigenvalue weighted by atomic mass is 15.3. The highest BCUT2D eigenvalue weighted by molar-refractivity contribution is 5.85. The molecule has 1 aromatic carbocycles. The highest BCUT2D eigenvalue weighted by Gasteiger charge is 2.30. The van der Waals surface area contributed by atoms with Crippen LogP contribution >= 0.6 is 0 Å². The van der Waals surface area contributed by atoms with Gasteiger partial charge in [0.2, 0.25) is 5.95 Å². The number of aryl methyl sites for hydroxylation is 2. The van der Waals surface area contributed by atoms with Gasteiger partial charge in [0.15, 0.2) is 5.82 Å². The standard InChI is InChI=1S/C29H32N8/c1-18-10-12-35(3)17-22(14-18)20-6-8-21(9-7-20)28-26-24(33-37(28)5)15-19(2)23-16-30-29(32-27(23)26)31-25-11-13-36(4)34-25/h6-9,11,13-14,16-17,19H,10,12,15H2,1-5H3,(H,30,31,32,34). The van der Waals surface area contributed by atoms with Gasteiger partial charge in [-0.3, -0.25) is 9.36 Å². The molecule has 0 saturated carbocycles. The summed E-state index contributed by atoms with van der Waals surface area (Å²) < 4.78 is 3.75. The number of nitrogens with zero attached hydrogens (tertiary/aromatic N) is 7. The Morgan fingerprint density at radius 2 is 1.78 bits per heavy atom. The van der Waals surface area contributed by atoms with E-state index in [9.17, 15) is 0 Å². The number of benzene rings is 1. The predicted octanol–water partition coefficient (Wildman–Crippen LogP) is 5.30. The fourth-order valence-electron chi connectivity index (χ4n) is 5.32. The van der Waals surface area contributed by atoms with E-state index >= 15 is 0 Å². The topological polar surface area (TPSA) is 76.7 Å². The molecule has 0 saturated heterocycles. The molecule has 2 aliphatic rings. The summed E-state index contributed by atoms with van der Waals surface area (Å²) in [5.41, 5.74) is 10.3. The first-order chi connectivity index (χ1) is 17.9. The van der Waals surface area contributed by atoms with Crippen molar-refractivity contribution in [3.05, 3.63) is 77.4 Å². The summed E-state index contributed by atoms with van der Waals surface area (Å²) in [6.45, 7) is 5.47. The molecule has 1 atom stereocenters. The summed E-state index contributed by atoms with van der Waals surface area (Å²) in [6.07, 6.45) is 10.3. The number of anilines is 2. The molecule has 0 fully saturated rings. The number of aromatic nitrogens is 6. The number of hydrogen-bond acceptors (Lipinski definition) is 6. The third-order valence-corrected chi connectivity index (χ3v) is 7.27. The van der Waals surface area contributed by atoms with E-state index in [1.165, 1.54) is 16.7 Å². The van der Waals surface area contributed by atoms with Gasteiger partial charge in [0.1, 0.15) is 0 Å². The van der Waals surface area contributed by atoms with Crippen molar-refractivity contribution in [2.45, 2.75) is 32.6 Å². The van der Waals surface area contributed by atoms with Crippen LogP contribution in [0.25, 0.3) is 28.1 Å². The molecule has 1 unspecified atom stereocenters. The van der Waals surface area contributed by atoms with Crippen molar-refractivity contribution in [2.75, 3.05) is 18.9 Å². The van der Waals surface area contributed by atoms with E-state index in [4.69, 9.17) is 10.1 Å². The molecule has 1 aliphatic carbocycles. The van der Waals surface area contributed by atoms with Crippen molar-refractivity contribution in [1.82, 2.24) is 34.4 Å². The van der Waals surface area contributed by atoms with Crippen molar-refractivity contribution in [3.8, 4) is 22.5 Å². The number of fused-ring (bicyclic) bond motifs is 3. The Kier molecular flexibility index (Phi) is 5.67. The average Bonchev–Trinajstić information content (AvgIpc) is 3.38. The highest BCUT2D eigenvalue weighted by Crippen LogP contribution is 2.43. The Morgan fingerprint density at radius 3 is 2.54 bits per heavy atom. The second-order valence-corrected chi connectivity index (χ2v) is 10.3. The van der Waals surface area contributed by atoms with Crippen molar-refractivity contribution >= 4 is 17.3 Å². The van der Waals surface area contributed by atoms with Crippen LogP contribution in [0, 0.1) is 0 Å². The van der Waals surface area contributed by atoms with E-state index in [0.29, 0.717) is 11.9 Å². The molecular formula is C29H32N8. The fraction of sp³-hybridized carbons (Fsp3) is 0.310. The summed E-state index contributed by atoms with van der Waals surface area (Å²) in [7, 11) is 6.05. The van der Waals surface area contributed by atoms with Crippen LogP contribution in [0.15, 0.2) is 60.6 Å². The quantitative estimate of drug-likeness (QED) is 0.416. The lowest BCUT2D eigenvalue weighted by Crippen LogP contribution is -2.12. The van der Waals surface area contributed by atoms with Crippen molar-refractivity contribution in [2.24, 2.45) is 14.1 Å². The molecule has 0 bridgehead atoms. The van der Waals surface area contributed by atoms with Crippen molar-refractivity contribution in [1.29, 1.82) is 0 Å². The van der Waals surface area contributed by atoms with Gasteiger partial charge in [-0.25, -0.2) is 9.97 Å². The van der Waals surface area contributed by atoms with Crippen LogP contribution in [0.4, 0.5) is 11.8 Å². The molecule has 1 aliphatic heterocycles. The van der Waals surface area contributed by atoms with Gasteiger partial charge in [-0.1, -0.05) is 42.8 Å². The van der Waals surface area contributed by atoms with Gasteiger partial charge in [0, 0.05) is 69.0 Å². The van der Waals surface area contributed by atoms with E-state index < -0.39 is 0 Å². The molecule has 6 rings (SSSR count). The maximum Gasteiger partial charge on any atom is 0.228 e. The normalized spacial score (nSPS) is 17.0. The Bertz CT molecular complexity index is 1540. The molecule has 1 N–H and O–H groups in total. The number of allylic oxidation sites excluding steroid dienone is 2. The summed E-state index contributed by atoms with van der Waals surface area (Å²) in [6, 6.07) is 10.7. The van der Waals surface area contributed by atoms with Crippen LogP contribution in [0.2, 0.25) is 0 Å². The SMILES string of the molecule is CC1=CC(c2ccc(-c3c4c(nn3C)CC(C)c3cnc(Nc5ccn(C)n5)nc3-4)cc2)=CN(C)CC1. The van der Waals surface area contributed by atoms with Gasteiger partial charge < -0.3 is 10.2 Å². The van der Waals surface area contributed by atoms with E-state index in [2.05, 4.69) is 77.7 Å². The second kappa shape index (κ2) is 9.03. The third kappa shape index (κ3) is 4.33. The summed E-state index contributed by atoms with van der Waals surface area (Å²) in [4.78, 5) is 11.8. The zero-order valence-corrected chi connectivity index (χ0v) is 22.0. The lowest BCUT2D eigenvalue weighted by atomic mass is 9.84. The zero-order chi connectivity index (χ0) is 25.7. The number of hydrogen-bond donors (Lipinski definition) is 1. The average molecular weight is 493 g/mol. The molecule has 0 amide bonds. The van der Waals surface area contributed by atoms with Crippen LogP contribution < -0.4 is 5.32 Å². The monoisotopic (exact) mass is 492 g/mol. The van der Waals surface area contributed by atoms with Crippen LogP contribution in [0.5, 0.6) is 0 Å². The Hall–Kier alpha value is -4.20. The molecule has 0 radical (unpaired) electrons. The molecule has 4 heterocycles. The minimum Gasteiger partial charge on any atom is -0.380 e. The van der Waals surface area contributed by atoms with E-state index in [0.717, 1.165) is 59.0 Å². The molecule has 0 spiro atoms. The smallest absolute Gasteiger partial charge is 0.228 e. The van der Waals surface area contributed by atoms with Crippen molar-refractivity contribution in [3.63, 3.8) is 0 Å². The zero-order valence-electron chi connectivity index (χ0n) is 22.0. The van der Waals surface area contributed by atoms with Gasteiger partial charge in [-0.05, 0) is 36.8 Å². The van der Waals surface area contributed by atoms with Crippen LogP contribution in [0.3, 0.4) is 0 Å². The van der Waals surface area contributed by atoms with Gasteiger partial charge in [0.05, 0.1) is 17.1 Å². The van der Waals surface area contributed by atoms with E-state index in [1.54, 1.807) is 4.68 Å². The summed E-state index contributed by atoms with van der Waals surface area (Å²) in [5.74, 6) is 1.55. The number of rotatable bonds is 4. The van der Waals surface area contributed by atoms with Gasteiger partial charge in [-0.2, -0.15) is 10.2 Å². The van der Waals surface area contributed by atoms with Gasteiger partial charge in [0.25, 0.3) is 0 Å². The molecular weight excluding hydrogens is 460 g/mol. The van der Waals surface area contributed by atoms with Gasteiger partial charge in [-0.15, -0.1) is 0 Å². The van der Waals surface area contributed by atoms with Crippen LogP contribution in [-0.2, 0) is 20.5 Å². The van der Waals surface area contributed by atoms with Gasteiger partial charge >= 0.3 is 0 Å². The maximum absolute atomic E-state index is 4.98. The second-order valence-electron chi connectivity index (χ2n) is 10.3. The molecule has 37 heavy (non-hydrogen) atoms. The molecule has 8 nitrogen and oxygen atoms in total. The third-order valence-electron chi connectivity index (χ3n) is 7.27. The van der Waals surface area contributed by atoms with Crippen molar-refractivity contribution < 1.29 is 0 Å². The Morgan fingerprint density at radius 1 is 1.00 bits per heavy atom. The molecule has 4 aromatic rings. The molecule has 3 aromatic heterocycles. The maximum atomic E-state index is 4.98. The molecule has 188 valence electrons. The largest absolute Gasteiger partial charge is 0.380 e. The van der Waals surface area contributed by atoms with E-state index in [1.807, 2.05) is 37.2 Å². The van der Waals surface area contributed by atoms with E-state index in [-0.39, 0.29) is 0 Å². The Balaban J connectivity index is 1.41. The molecule has 8 heteroatoms. The number of nitrogens with one attached hydrogen (secondary N) is 1. The minimum absolute atomic E-state index is 0.297. The minimum atomic E-state index is 0.297.